The molecule has 0 aromatic heterocycles. The zero-order valence-corrected chi connectivity index (χ0v) is 32.6. The molecule has 8 fully saturated rings. The number of fused-ring (bicyclic) bond motifs is 4. The van der Waals surface area contributed by atoms with E-state index in [1.165, 1.54) is 13.0 Å². The van der Waals surface area contributed by atoms with Gasteiger partial charge in [0.2, 0.25) is 0 Å². The van der Waals surface area contributed by atoms with Crippen molar-refractivity contribution in [3.8, 4) is 0 Å². The molecule has 5 saturated carbocycles. The molecule has 17 atom stereocenters. The summed E-state index contributed by atoms with van der Waals surface area (Å²) in [6.45, 7) is 18.5. The second-order valence-electron chi connectivity index (χ2n) is 19.7. The van der Waals surface area contributed by atoms with Crippen LogP contribution in [0.3, 0.4) is 0 Å². The van der Waals surface area contributed by atoms with Crippen molar-refractivity contribution in [1.29, 1.82) is 0 Å². The van der Waals surface area contributed by atoms with Crippen molar-refractivity contribution < 1.29 is 53.3 Å². The molecule has 0 aromatic rings. The Morgan fingerprint density at radius 2 is 1.63 bits per heavy atom. The zero-order valence-electron chi connectivity index (χ0n) is 32.6. The Hall–Kier alpha value is -1.60. The highest BCUT2D eigenvalue weighted by molar-refractivity contribution is 5.82. The molecule has 11 heteroatoms. The summed E-state index contributed by atoms with van der Waals surface area (Å²) in [4.78, 5) is 24.6. The first-order valence-corrected chi connectivity index (χ1v) is 20.0. The lowest BCUT2D eigenvalue weighted by atomic mass is 9.41. The molecule has 292 valence electrons. The van der Waals surface area contributed by atoms with Crippen molar-refractivity contribution in [3.63, 3.8) is 0 Å². The summed E-state index contributed by atoms with van der Waals surface area (Å²) < 4.78 is 38.0. The quantitative estimate of drug-likeness (QED) is 0.196. The van der Waals surface area contributed by atoms with Gasteiger partial charge in [0.25, 0.3) is 0 Å². The first kappa shape index (κ1) is 37.3. The van der Waals surface area contributed by atoms with Crippen molar-refractivity contribution in [2.24, 2.45) is 50.7 Å². The smallest absolute Gasteiger partial charge is 0.330 e. The van der Waals surface area contributed by atoms with Crippen LogP contribution in [0, 0.1) is 50.7 Å². The number of rotatable bonds is 6. The van der Waals surface area contributed by atoms with Gasteiger partial charge < -0.3 is 43.7 Å². The maximum absolute atomic E-state index is 12.9. The van der Waals surface area contributed by atoms with Crippen LogP contribution in [0.25, 0.3) is 0 Å². The lowest BCUT2D eigenvalue weighted by Gasteiger charge is -2.63. The van der Waals surface area contributed by atoms with Crippen LogP contribution in [0.5, 0.6) is 0 Å². The molecular formula is C41H62O11. The van der Waals surface area contributed by atoms with E-state index in [2.05, 4.69) is 34.6 Å². The van der Waals surface area contributed by atoms with Gasteiger partial charge in [0.05, 0.1) is 18.8 Å². The molecule has 8 rings (SSSR count). The molecule has 52 heavy (non-hydrogen) atoms. The average Bonchev–Trinajstić information content (AvgIpc) is 3.57. The Morgan fingerprint density at radius 1 is 0.942 bits per heavy atom. The maximum Gasteiger partial charge on any atom is 0.330 e. The standard InChI is InChI=1S/C41H62O11/c1-10-11-28(44)49-30-29(45)23(43)19-47-33(30)48-27-14-15-39-20-40(39)17-16-37(8)31-21(2)18-24-32(36(6,7)50-22(3)42)52-41(31,51-24)34(46)38(37,9)26(40)13-12-25(39)35(27,4)5/h10-11,21,23-27,29-34,43,45-46H,12-20H2,1-9H3/b11-10+/t21-,23-,24-,25+,26+,27+,29+,30-,31-,32+,33+,34-,37-,38-,39-,40+,41+/m1/s1. The van der Waals surface area contributed by atoms with Crippen LogP contribution < -0.4 is 0 Å². The van der Waals surface area contributed by atoms with Gasteiger partial charge in [0.15, 0.2) is 18.2 Å². The van der Waals surface area contributed by atoms with E-state index in [9.17, 15) is 24.9 Å². The van der Waals surface area contributed by atoms with E-state index in [0.29, 0.717) is 11.8 Å². The summed E-state index contributed by atoms with van der Waals surface area (Å²) in [5.74, 6) is -1.16. The number of allylic oxidation sites excluding steroid dienone is 1. The van der Waals surface area contributed by atoms with Crippen molar-refractivity contribution in [2.75, 3.05) is 6.61 Å². The van der Waals surface area contributed by atoms with Crippen LogP contribution in [0.4, 0.5) is 0 Å². The summed E-state index contributed by atoms with van der Waals surface area (Å²) in [7, 11) is 0. The number of hydrogen-bond acceptors (Lipinski definition) is 11. The van der Waals surface area contributed by atoms with Crippen molar-refractivity contribution in [1.82, 2.24) is 0 Å². The Kier molecular flexibility index (Phi) is 8.41. The van der Waals surface area contributed by atoms with Gasteiger partial charge in [-0.2, -0.15) is 0 Å². The van der Waals surface area contributed by atoms with E-state index in [0.717, 1.165) is 51.4 Å². The molecule has 3 N–H and O–H groups in total. The minimum absolute atomic E-state index is 0.0129. The predicted octanol–water partition coefficient (Wildman–Crippen LogP) is 4.82. The molecule has 3 aliphatic heterocycles. The van der Waals surface area contributed by atoms with Crippen molar-refractivity contribution >= 4 is 11.9 Å². The third-order valence-electron chi connectivity index (χ3n) is 16.8. The first-order chi connectivity index (χ1) is 24.3. The molecule has 3 heterocycles. The van der Waals surface area contributed by atoms with Gasteiger partial charge >= 0.3 is 11.9 Å². The predicted molar refractivity (Wildman–Crippen MR) is 187 cm³/mol. The van der Waals surface area contributed by atoms with Gasteiger partial charge in [-0.3, -0.25) is 4.79 Å². The van der Waals surface area contributed by atoms with Crippen LogP contribution in [-0.2, 0) is 38.0 Å². The number of aliphatic hydroxyl groups is 3. The number of ether oxygens (including phenoxy) is 6. The van der Waals surface area contributed by atoms with Gasteiger partial charge in [-0.1, -0.05) is 40.7 Å². The van der Waals surface area contributed by atoms with Gasteiger partial charge in [-0.15, -0.1) is 0 Å². The summed E-state index contributed by atoms with van der Waals surface area (Å²) in [5.41, 5.74) is -1.56. The number of aliphatic hydroxyl groups excluding tert-OH is 3. The topological polar surface area (TPSA) is 150 Å². The Labute approximate surface area is 308 Å². The minimum Gasteiger partial charge on any atom is -0.457 e. The molecule has 2 bridgehead atoms. The van der Waals surface area contributed by atoms with Crippen LogP contribution in [0.15, 0.2) is 12.2 Å². The molecule has 11 nitrogen and oxygen atoms in total. The third-order valence-corrected chi connectivity index (χ3v) is 16.8. The van der Waals surface area contributed by atoms with Crippen LogP contribution in [-0.4, -0.2) is 94.3 Å². The molecule has 3 spiro atoms. The van der Waals surface area contributed by atoms with Crippen LogP contribution in [0.1, 0.15) is 114 Å². The van der Waals surface area contributed by atoms with E-state index < -0.39 is 59.6 Å². The average molecular weight is 731 g/mol. The molecular weight excluding hydrogens is 668 g/mol. The second kappa shape index (κ2) is 11.7. The highest BCUT2D eigenvalue weighted by atomic mass is 16.8. The van der Waals surface area contributed by atoms with E-state index in [-0.39, 0.29) is 58.3 Å². The van der Waals surface area contributed by atoms with Crippen molar-refractivity contribution in [2.45, 2.75) is 174 Å². The second-order valence-corrected chi connectivity index (χ2v) is 19.7. The van der Waals surface area contributed by atoms with E-state index in [4.69, 9.17) is 28.4 Å². The molecule has 0 aromatic carbocycles. The summed E-state index contributed by atoms with van der Waals surface area (Å²) in [6, 6.07) is 0. The molecule has 0 unspecified atom stereocenters. The minimum atomic E-state index is -1.32. The SMILES string of the molecule is C/C=C/C(=O)O[C@H]1[C@H](O[C@H]2CC[C@]34C[C@]35CC[C@]3(C)[C@H]6[C@H](C)C[C@H]7O[C@@]6(O[C@@H]7C(C)(C)OC(C)=O)[C@H](O)[C@@]3(C)[C@@H]5CC[C@H]4C2(C)C)OC[C@@H](O)[C@@H]1O. The van der Waals surface area contributed by atoms with Gasteiger partial charge in [0.1, 0.15) is 30.0 Å². The highest BCUT2D eigenvalue weighted by Crippen LogP contribution is 2.90. The Morgan fingerprint density at radius 3 is 2.33 bits per heavy atom. The molecule has 3 saturated heterocycles. The monoisotopic (exact) mass is 730 g/mol. The fourth-order valence-electron chi connectivity index (χ4n) is 14.8. The van der Waals surface area contributed by atoms with Crippen LogP contribution >= 0.6 is 0 Å². The summed E-state index contributed by atoms with van der Waals surface area (Å²) in [6.07, 6.45) is 4.27. The largest absolute Gasteiger partial charge is 0.457 e. The fourth-order valence-corrected chi connectivity index (χ4v) is 14.8. The van der Waals surface area contributed by atoms with E-state index >= 15 is 0 Å². The van der Waals surface area contributed by atoms with Gasteiger partial charge in [-0.25, -0.2) is 4.79 Å². The van der Waals surface area contributed by atoms with Crippen molar-refractivity contribution in [3.05, 3.63) is 12.2 Å². The number of hydrogen-bond donors (Lipinski definition) is 3. The molecule has 0 radical (unpaired) electrons. The normalized spacial score (nSPS) is 54.3. The third kappa shape index (κ3) is 4.62. The number of carbonyl (C=O) groups excluding carboxylic acids is 2. The highest BCUT2D eigenvalue weighted by Gasteiger charge is 2.88. The van der Waals surface area contributed by atoms with Crippen LogP contribution in [0.2, 0.25) is 0 Å². The fraction of sp³-hybridized carbons (Fsp3) is 0.902. The molecule has 8 aliphatic rings. The molecule has 0 amide bonds. The first-order valence-electron chi connectivity index (χ1n) is 20.0. The number of esters is 2. The maximum atomic E-state index is 12.9. The van der Waals surface area contributed by atoms with Gasteiger partial charge in [0, 0.05) is 24.3 Å². The Balaban J connectivity index is 1.06. The lowest BCUT2D eigenvalue weighted by Crippen LogP contribution is -2.61. The summed E-state index contributed by atoms with van der Waals surface area (Å²) >= 11 is 0. The summed E-state index contributed by atoms with van der Waals surface area (Å²) in [5, 5.41) is 34.1. The lowest BCUT2D eigenvalue weighted by molar-refractivity contribution is -0.305. The van der Waals surface area contributed by atoms with Gasteiger partial charge in [-0.05, 0) is 112 Å². The van der Waals surface area contributed by atoms with E-state index in [1.54, 1.807) is 13.0 Å². The Bertz CT molecular complexity index is 1510. The van der Waals surface area contributed by atoms with E-state index in [1.807, 2.05) is 13.8 Å². The number of carbonyl (C=O) groups is 2. The zero-order chi connectivity index (χ0) is 37.6. The molecule has 5 aliphatic carbocycles.